The zero-order valence-corrected chi connectivity index (χ0v) is 13.0. The van der Waals surface area contributed by atoms with Crippen LogP contribution in [0, 0.1) is 6.92 Å². The molecule has 0 aliphatic rings. The number of benzene rings is 1. The van der Waals surface area contributed by atoms with Gasteiger partial charge in [0.25, 0.3) is 0 Å². The summed E-state index contributed by atoms with van der Waals surface area (Å²) in [6.45, 7) is 3.98. The summed E-state index contributed by atoms with van der Waals surface area (Å²) in [6, 6.07) is 7.99. The second-order valence-corrected chi connectivity index (χ2v) is 5.18. The molecule has 0 spiro atoms. The number of rotatable bonds is 5. The highest BCUT2D eigenvalue weighted by molar-refractivity contribution is 7.98. The SMILES string of the molecule is CCc1nc(NC)c(C)c(Oc2ccc(SC)cc2)n1. The Morgan fingerprint density at radius 1 is 1.20 bits per heavy atom. The minimum Gasteiger partial charge on any atom is -0.439 e. The van der Waals surface area contributed by atoms with Gasteiger partial charge in [-0.15, -0.1) is 11.8 Å². The molecule has 4 nitrogen and oxygen atoms in total. The number of hydrogen-bond donors (Lipinski definition) is 1. The lowest BCUT2D eigenvalue weighted by Gasteiger charge is -2.12. The summed E-state index contributed by atoms with van der Waals surface area (Å²) in [5.41, 5.74) is 0.915. The number of aryl methyl sites for hydroxylation is 1. The van der Waals surface area contributed by atoms with Crippen LogP contribution < -0.4 is 10.1 Å². The minimum atomic E-state index is 0.609. The van der Waals surface area contributed by atoms with Crippen LogP contribution in [0.25, 0.3) is 0 Å². The molecule has 2 aromatic rings. The second-order valence-electron chi connectivity index (χ2n) is 4.30. The molecule has 106 valence electrons. The second kappa shape index (κ2) is 6.61. The maximum atomic E-state index is 5.89. The van der Waals surface area contributed by atoms with Gasteiger partial charge in [0, 0.05) is 18.4 Å². The summed E-state index contributed by atoms with van der Waals surface area (Å²) in [6.07, 6.45) is 2.83. The van der Waals surface area contributed by atoms with Gasteiger partial charge in [-0.25, -0.2) is 4.98 Å². The third-order valence-corrected chi connectivity index (χ3v) is 3.72. The predicted octanol–water partition coefficient (Wildman–Crippen LogP) is 3.90. The summed E-state index contributed by atoms with van der Waals surface area (Å²) in [5.74, 6) is 2.98. The normalized spacial score (nSPS) is 10.4. The monoisotopic (exact) mass is 289 g/mol. The van der Waals surface area contributed by atoms with Gasteiger partial charge in [0.2, 0.25) is 5.88 Å². The van der Waals surface area contributed by atoms with E-state index in [9.17, 15) is 0 Å². The van der Waals surface area contributed by atoms with E-state index in [0.29, 0.717) is 5.88 Å². The van der Waals surface area contributed by atoms with Crippen LogP contribution >= 0.6 is 11.8 Å². The molecule has 0 atom stereocenters. The van der Waals surface area contributed by atoms with Crippen LogP contribution in [0.1, 0.15) is 18.3 Å². The third-order valence-electron chi connectivity index (χ3n) is 2.97. The number of hydrogen-bond acceptors (Lipinski definition) is 5. The fraction of sp³-hybridized carbons (Fsp3) is 0.333. The lowest BCUT2D eigenvalue weighted by Crippen LogP contribution is -2.04. The van der Waals surface area contributed by atoms with Crippen LogP contribution in [0.15, 0.2) is 29.2 Å². The summed E-state index contributed by atoms with van der Waals surface area (Å²) in [5, 5.41) is 3.08. The average molecular weight is 289 g/mol. The van der Waals surface area contributed by atoms with Gasteiger partial charge in [0.15, 0.2) is 0 Å². The highest BCUT2D eigenvalue weighted by atomic mass is 32.2. The Bertz CT molecular complexity index is 584. The van der Waals surface area contributed by atoms with Crippen molar-refractivity contribution in [2.75, 3.05) is 18.6 Å². The molecule has 0 unspecified atom stereocenters. The molecule has 1 N–H and O–H groups in total. The molecule has 20 heavy (non-hydrogen) atoms. The van der Waals surface area contributed by atoms with Crippen LogP contribution in [0.3, 0.4) is 0 Å². The zero-order valence-electron chi connectivity index (χ0n) is 12.2. The first-order valence-electron chi connectivity index (χ1n) is 6.55. The fourth-order valence-corrected chi connectivity index (χ4v) is 2.20. The Balaban J connectivity index is 2.31. The molecule has 0 fully saturated rings. The Morgan fingerprint density at radius 2 is 1.90 bits per heavy atom. The van der Waals surface area contributed by atoms with Crippen molar-refractivity contribution in [2.24, 2.45) is 0 Å². The molecule has 0 amide bonds. The Morgan fingerprint density at radius 3 is 2.45 bits per heavy atom. The van der Waals surface area contributed by atoms with Gasteiger partial charge in [0.05, 0.1) is 5.56 Å². The van der Waals surface area contributed by atoms with E-state index >= 15 is 0 Å². The maximum Gasteiger partial charge on any atom is 0.227 e. The summed E-state index contributed by atoms with van der Waals surface area (Å²) >= 11 is 1.71. The van der Waals surface area contributed by atoms with E-state index in [1.165, 1.54) is 4.90 Å². The summed E-state index contributed by atoms with van der Waals surface area (Å²) < 4.78 is 5.89. The standard InChI is InChI=1S/C15H19N3OS/c1-5-13-17-14(16-3)10(2)15(18-13)19-11-6-8-12(20-4)9-7-11/h6-9H,5H2,1-4H3,(H,16,17,18). The van der Waals surface area contributed by atoms with Gasteiger partial charge in [-0.05, 0) is 37.4 Å². The van der Waals surface area contributed by atoms with Crippen LogP contribution in [0.2, 0.25) is 0 Å². The number of nitrogens with zero attached hydrogens (tertiary/aromatic N) is 2. The highest BCUT2D eigenvalue weighted by Crippen LogP contribution is 2.28. The molecule has 2 rings (SSSR count). The van der Waals surface area contributed by atoms with Crippen molar-refractivity contribution in [1.29, 1.82) is 0 Å². The number of anilines is 1. The highest BCUT2D eigenvalue weighted by Gasteiger charge is 2.11. The van der Waals surface area contributed by atoms with Crippen LogP contribution in [-0.4, -0.2) is 23.3 Å². The number of nitrogens with one attached hydrogen (secondary N) is 1. The van der Waals surface area contributed by atoms with Gasteiger partial charge in [-0.1, -0.05) is 6.92 Å². The molecule has 0 bridgehead atoms. The molecule has 0 aliphatic heterocycles. The van der Waals surface area contributed by atoms with Crippen molar-refractivity contribution in [3.8, 4) is 11.6 Å². The van der Waals surface area contributed by atoms with Gasteiger partial charge in [-0.2, -0.15) is 4.98 Å². The third kappa shape index (κ3) is 3.22. The molecule has 0 aliphatic carbocycles. The predicted molar refractivity (Wildman–Crippen MR) is 84.0 cm³/mol. The largest absolute Gasteiger partial charge is 0.439 e. The molecular formula is C15H19N3OS. The van der Waals surface area contributed by atoms with E-state index in [0.717, 1.165) is 29.4 Å². The van der Waals surface area contributed by atoms with E-state index < -0.39 is 0 Å². The van der Waals surface area contributed by atoms with Crippen molar-refractivity contribution in [2.45, 2.75) is 25.2 Å². The van der Waals surface area contributed by atoms with Gasteiger partial charge < -0.3 is 10.1 Å². The molecular weight excluding hydrogens is 270 g/mol. The molecule has 1 heterocycles. The van der Waals surface area contributed by atoms with E-state index in [1.807, 2.05) is 45.2 Å². The molecule has 0 saturated heterocycles. The van der Waals surface area contributed by atoms with E-state index in [4.69, 9.17) is 4.74 Å². The van der Waals surface area contributed by atoms with Crippen LogP contribution in [-0.2, 0) is 6.42 Å². The average Bonchev–Trinajstić information content (AvgIpc) is 2.50. The van der Waals surface area contributed by atoms with E-state index in [2.05, 4.69) is 21.5 Å². The summed E-state index contributed by atoms with van der Waals surface area (Å²) in [4.78, 5) is 10.1. The first kappa shape index (κ1) is 14.7. The first-order chi connectivity index (χ1) is 9.67. The van der Waals surface area contributed by atoms with Crippen molar-refractivity contribution < 1.29 is 4.74 Å². The number of ether oxygens (including phenoxy) is 1. The molecule has 1 aromatic carbocycles. The molecule has 0 saturated carbocycles. The van der Waals surface area contributed by atoms with Crippen molar-refractivity contribution in [3.05, 3.63) is 35.7 Å². The zero-order chi connectivity index (χ0) is 14.5. The Hall–Kier alpha value is -1.75. The van der Waals surface area contributed by atoms with Gasteiger partial charge in [0.1, 0.15) is 17.4 Å². The Kier molecular flexibility index (Phi) is 4.84. The number of aromatic nitrogens is 2. The maximum absolute atomic E-state index is 5.89. The topological polar surface area (TPSA) is 47.0 Å². The van der Waals surface area contributed by atoms with E-state index in [1.54, 1.807) is 11.8 Å². The lowest BCUT2D eigenvalue weighted by molar-refractivity contribution is 0.454. The van der Waals surface area contributed by atoms with Crippen LogP contribution in [0.5, 0.6) is 11.6 Å². The fourth-order valence-electron chi connectivity index (χ4n) is 1.80. The van der Waals surface area contributed by atoms with Crippen molar-refractivity contribution >= 4 is 17.6 Å². The first-order valence-corrected chi connectivity index (χ1v) is 7.77. The molecule has 1 aromatic heterocycles. The van der Waals surface area contributed by atoms with E-state index in [-0.39, 0.29) is 0 Å². The smallest absolute Gasteiger partial charge is 0.227 e. The quantitative estimate of drug-likeness (QED) is 0.846. The van der Waals surface area contributed by atoms with Gasteiger partial charge >= 0.3 is 0 Å². The van der Waals surface area contributed by atoms with Crippen LogP contribution in [0.4, 0.5) is 5.82 Å². The van der Waals surface area contributed by atoms with Crippen molar-refractivity contribution in [1.82, 2.24) is 9.97 Å². The minimum absolute atomic E-state index is 0.609. The number of thioether (sulfide) groups is 1. The Labute approximate surface area is 124 Å². The molecule has 0 radical (unpaired) electrons. The summed E-state index contributed by atoms with van der Waals surface area (Å²) in [7, 11) is 1.85. The van der Waals surface area contributed by atoms with Gasteiger partial charge in [-0.3, -0.25) is 0 Å². The molecule has 5 heteroatoms. The van der Waals surface area contributed by atoms with Crippen molar-refractivity contribution in [3.63, 3.8) is 0 Å². The lowest BCUT2D eigenvalue weighted by atomic mass is 10.3.